The summed E-state index contributed by atoms with van der Waals surface area (Å²) in [6.45, 7) is 4.08. The minimum atomic E-state index is -1.09. The fraction of sp³-hybridized carbons (Fsp3) is 0.429. The van der Waals surface area contributed by atoms with Crippen molar-refractivity contribution in [1.29, 1.82) is 0 Å². The van der Waals surface area contributed by atoms with Crippen molar-refractivity contribution >= 4 is 11.9 Å². The maximum atomic E-state index is 11.0. The third-order valence-electron chi connectivity index (χ3n) is 3.05. The molecule has 0 bridgehead atoms. The maximum Gasteiger partial charge on any atom is 0.335 e. The highest BCUT2D eigenvalue weighted by Crippen LogP contribution is 2.26. The van der Waals surface area contributed by atoms with E-state index in [1.165, 1.54) is 6.07 Å². The highest BCUT2D eigenvalue weighted by molar-refractivity contribution is 5.94. The van der Waals surface area contributed by atoms with E-state index in [1.54, 1.807) is 12.1 Å². The lowest BCUT2D eigenvalue weighted by Crippen LogP contribution is -2.06. The predicted octanol–water partition coefficient (Wildman–Crippen LogP) is 3.38. The SMILES string of the molecule is CCCC(CC)c1cc(C(=O)O)cc(C(=O)O)c1. The number of carboxylic acids is 2. The summed E-state index contributed by atoms with van der Waals surface area (Å²) in [6.07, 6.45) is 2.78. The molecule has 0 amide bonds. The number of hydrogen-bond acceptors (Lipinski definition) is 2. The number of hydrogen-bond donors (Lipinski definition) is 2. The van der Waals surface area contributed by atoms with Crippen molar-refractivity contribution < 1.29 is 19.8 Å². The first-order valence-corrected chi connectivity index (χ1v) is 6.11. The van der Waals surface area contributed by atoms with Crippen LogP contribution in [0.2, 0.25) is 0 Å². The van der Waals surface area contributed by atoms with Gasteiger partial charge in [-0.2, -0.15) is 0 Å². The molecule has 1 unspecified atom stereocenters. The molecule has 0 aromatic heterocycles. The van der Waals surface area contributed by atoms with Gasteiger partial charge in [0, 0.05) is 0 Å². The molecule has 0 saturated carbocycles. The molecule has 0 spiro atoms. The Kier molecular flexibility index (Phi) is 4.89. The van der Waals surface area contributed by atoms with Crippen LogP contribution < -0.4 is 0 Å². The topological polar surface area (TPSA) is 74.6 Å². The van der Waals surface area contributed by atoms with Crippen LogP contribution in [-0.2, 0) is 0 Å². The second-order valence-corrected chi connectivity index (χ2v) is 4.35. The monoisotopic (exact) mass is 250 g/mol. The van der Waals surface area contributed by atoms with E-state index in [9.17, 15) is 9.59 Å². The zero-order valence-corrected chi connectivity index (χ0v) is 10.6. The molecule has 4 nitrogen and oxygen atoms in total. The van der Waals surface area contributed by atoms with Gasteiger partial charge >= 0.3 is 11.9 Å². The first-order valence-electron chi connectivity index (χ1n) is 6.11. The van der Waals surface area contributed by atoms with Crippen LogP contribution in [0.5, 0.6) is 0 Å². The molecule has 0 aliphatic carbocycles. The van der Waals surface area contributed by atoms with E-state index in [0.29, 0.717) is 0 Å². The van der Waals surface area contributed by atoms with E-state index in [2.05, 4.69) is 6.92 Å². The summed E-state index contributed by atoms with van der Waals surface area (Å²) in [5.74, 6) is -1.97. The van der Waals surface area contributed by atoms with Gasteiger partial charge in [0.25, 0.3) is 0 Å². The van der Waals surface area contributed by atoms with Crippen LogP contribution in [0.15, 0.2) is 18.2 Å². The molecule has 1 aromatic rings. The molecular weight excluding hydrogens is 232 g/mol. The van der Waals surface area contributed by atoms with Crippen LogP contribution in [0.3, 0.4) is 0 Å². The fourth-order valence-electron chi connectivity index (χ4n) is 2.09. The number of rotatable bonds is 6. The highest BCUT2D eigenvalue weighted by atomic mass is 16.4. The van der Waals surface area contributed by atoms with Crippen LogP contribution in [0.4, 0.5) is 0 Å². The van der Waals surface area contributed by atoms with Crippen LogP contribution in [0.25, 0.3) is 0 Å². The molecule has 18 heavy (non-hydrogen) atoms. The van der Waals surface area contributed by atoms with Gasteiger partial charge in [0.15, 0.2) is 0 Å². The molecule has 0 aliphatic heterocycles. The standard InChI is InChI=1S/C14H18O4/c1-3-5-9(4-2)10-6-11(13(15)16)8-12(7-10)14(17)18/h6-9H,3-5H2,1-2H3,(H,15,16)(H,17,18). The molecule has 1 atom stereocenters. The van der Waals surface area contributed by atoms with Crippen molar-refractivity contribution in [3.63, 3.8) is 0 Å². The molecular formula is C14H18O4. The maximum absolute atomic E-state index is 11.0. The van der Waals surface area contributed by atoms with E-state index in [1.807, 2.05) is 6.92 Å². The normalized spacial score (nSPS) is 12.1. The molecule has 0 aliphatic rings. The molecule has 2 N–H and O–H groups in total. The van der Waals surface area contributed by atoms with Gasteiger partial charge in [0.1, 0.15) is 0 Å². The molecule has 1 rings (SSSR count). The smallest absolute Gasteiger partial charge is 0.335 e. The summed E-state index contributed by atoms with van der Waals surface area (Å²) in [5, 5.41) is 18.0. The second kappa shape index (κ2) is 6.19. The summed E-state index contributed by atoms with van der Waals surface area (Å²) >= 11 is 0. The first-order chi connectivity index (χ1) is 8.49. The Morgan fingerprint density at radius 2 is 1.56 bits per heavy atom. The van der Waals surface area contributed by atoms with Crippen molar-refractivity contribution in [2.75, 3.05) is 0 Å². The van der Waals surface area contributed by atoms with E-state index >= 15 is 0 Å². The minimum absolute atomic E-state index is 0.0412. The highest BCUT2D eigenvalue weighted by Gasteiger charge is 2.15. The van der Waals surface area contributed by atoms with E-state index < -0.39 is 11.9 Å². The average molecular weight is 250 g/mol. The van der Waals surface area contributed by atoms with Crippen molar-refractivity contribution in [2.24, 2.45) is 0 Å². The summed E-state index contributed by atoms with van der Waals surface area (Å²) in [4.78, 5) is 22.0. The lowest BCUT2D eigenvalue weighted by atomic mass is 9.89. The number of benzene rings is 1. The zero-order valence-electron chi connectivity index (χ0n) is 10.6. The molecule has 4 heteroatoms. The van der Waals surface area contributed by atoms with Gasteiger partial charge in [-0.25, -0.2) is 9.59 Å². The lowest BCUT2D eigenvalue weighted by molar-refractivity contribution is 0.0696. The summed E-state index contributed by atoms with van der Waals surface area (Å²) < 4.78 is 0. The minimum Gasteiger partial charge on any atom is -0.478 e. The Labute approximate surface area is 106 Å². The lowest BCUT2D eigenvalue weighted by Gasteiger charge is -2.15. The quantitative estimate of drug-likeness (QED) is 0.811. The van der Waals surface area contributed by atoms with Crippen molar-refractivity contribution in [3.8, 4) is 0 Å². The number of carboxylic acid groups (broad SMARTS) is 2. The predicted molar refractivity (Wildman–Crippen MR) is 68.3 cm³/mol. The number of carbonyl (C=O) groups is 2. The molecule has 0 fully saturated rings. The molecule has 1 aromatic carbocycles. The average Bonchev–Trinajstić information content (AvgIpc) is 2.35. The van der Waals surface area contributed by atoms with Gasteiger partial charge in [0.2, 0.25) is 0 Å². The van der Waals surface area contributed by atoms with Crippen LogP contribution >= 0.6 is 0 Å². The van der Waals surface area contributed by atoms with Gasteiger partial charge in [-0.3, -0.25) is 0 Å². The van der Waals surface area contributed by atoms with E-state index in [4.69, 9.17) is 10.2 Å². The van der Waals surface area contributed by atoms with Crippen molar-refractivity contribution in [2.45, 2.75) is 39.0 Å². The van der Waals surface area contributed by atoms with Crippen molar-refractivity contribution in [3.05, 3.63) is 34.9 Å². The zero-order chi connectivity index (χ0) is 13.7. The summed E-state index contributed by atoms with van der Waals surface area (Å²) in [5.41, 5.74) is 0.885. The van der Waals surface area contributed by atoms with Gasteiger partial charge in [0.05, 0.1) is 11.1 Å². The third kappa shape index (κ3) is 3.32. The van der Waals surface area contributed by atoms with Crippen molar-refractivity contribution in [1.82, 2.24) is 0 Å². The van der Waals surface area contributed by atoms with Gasteiger partial charge < -0.3 is 10.2 Å². The first kappa shape index (κ1) is 14.2. The van der Waals surface area contributed by atoms with Gasteiger partial charge in [-0.15, -0.1) is 0 Å². The van der Waals surface area contributed by atoms with Crippen LogP contribution in [0, 0.1) is 0 Å². The molecule has 98 valence electrons. The summed E-state index contributed by atoms with van der Waals surface area (Å²) in [6, 6.07) is 4.37. The van der Waals surface area contributed by atoms with E-state index in [0.717, 1.165) is 24.8 Å². The Balaban J connectivity index is 3.25. The Morgan fingerprint density at radius 3 is 1.89 bits per heavy atom. The summed E-state index contributed by atoms with van der Waals surface area (Å²) in [7, 11) is 0. The Morgan fingerprint density at radius 1 is 1.06 bits per heavy atom. The Bertz CT molecular complexity index is 419. The molecule has 0 saturated heterocycles. The molecule has 0 heterocycles. The molecule has 0 radical (unpaired) electrons. The largest absolute Gasteiger partial charge is 0.478 e. The van der Waals surface area contributed by atoms with Gasteiger partial charge in [-0.05, 0) is 42.5 Å². The van der Waals surface area contributed by atoms with E-state index in [-0.39, 0.29) is 17.0 Å². The van der Waals surface area contributed by atoms with Crippen LogP contribution in [0.1, 0.15) is 65.3 Å². The number of aromatic carboxylic acids is 2. The second-order valence-electron chi connectivity index (χ2n) is 4.35. The third-order valence-corrected chi connectivity index (χ3v) is 3.05. The van der Waals surface area contributed by atoms with Crippen LogP contribution in [-0.4, -0.2) is 22.2 Å². The fourth-order valence-corrected chi connectivity index (χ4v) is 2.09. The Hall–Kier alpha value is -1.84. The van der Waals surface area contributed by atoms with Gasteiger partial charge in [-0.1, -0.05) is 20.3 Å².